The zero-order chi connectivity index (χ0) is 18.6. The van der Waals surface area contributed by atoms with Crippen LogP contribution in [0.4, 0.5) is 17.7 Å². The molecule has 0 saturated carbocycles. The van der Waals surface area contributed by atoms with Crippen molar-refractivity contribution < 1.29 is 9.84 Å². The molecule has 1 aliphatic heterocycles. The summed E-state index contributed by atoms with van der Waals surface area (Å²) in [5.41, 5.74) is 0.725. The van der Waals surface area contributed by atoms with Crippen LogP contribution in [0.3, 0.4) is 0 Å². The van der Waals surface area contributed by atoms with Gasteiger partial charge in [0.2, 0.25) is 11.9 Å². The zero-order valence-electron chi connectivity index (χ0n) is 15.0. The summed E-state index contributed by atoms with van der Waals surface area (Å²) in [5, 5.41) is 9.83. The van der Waals surface area contributed by atoms with Gasteiger partial charge in [-0.25, -0.2) is 4.98 Å². The minimum Gasteiger partial charge on any atom is -0.508 e. The molecule has 3 heterocycles. The van der Waals surface area contributed by atoms with E-state index in [0.29, 0.717) is 30.9 Å². The molecule has 138 valence electrons. The van der Waals surface area contributed by atoms with Gasteiger partial charge in [0.05, 0.1) is 13.2 Å². The van der Waals surface area contributed by atoms with Crippen LogP contribution in [0.2, 0.25) is 0 Å². The maximum Gasteiger partial charge on any atom is 0.236 e. The summed E-state index contributed by atoms with van der Waals surface area (Å²) in [7, 11) is 1.87. The van der Waals surface area contributed by atoms with Gasteiger partial charge >= 0.3 is 0 Å². The molecule has 8 heteroatoms. The van der Waals surface area contributed by atoms with Crippen LogP contribution in [0, 0.1) is 0 Å². The van der Waals surface area contributed by atoms with Crippen LogP contribution < -0.4 is 9.80 Å². The van der Waals surface area contributed by atoms with E-state index in [1.165, 1.54) is 0 Å². The molecule has 0 radical (unpaired) electrons. The van der Waals surface area contributed by atoms with Gasteiger partial charge in [-0.05, 0) is 24.3 Å². The first kappa shape index (κ1) is 17.2. The number of hydrogen-bond acceptors (Lipinski definition) is 8. The van der Waals surface area contributed by atoms with Gasteiger partial charge in [-0.2, -0.15) is 15.0 Å². The molecular weight excluding hydrogens is 344 g/mol. The normalized spacial score (nSPS) is 14.2. The molecule has 0 atom stereocenters. The Kier molecular flexibility index (Phi) is 4.80. The van der Waals surface area contributed by atoms with Gasteiger partial charge in [0.1, 0.15) is 11.6 Å². The molecule has 1 aromatic carbocycles. The zero-order valence-corrected chi connectivity index (χ0v) is 15.0. The van der Waals surface area contributed by atoms with Gasteiger partial charge in [0.15, 0.2) is 5.82 Å². The van der Waals surface area contributed by atoms with E-state index in [1.54, 1.807) is 24.4 Å². The SMILES string of the molecule is CN(c1ccccn1)c1nc(-c2cccc(O)c2)nc(N2CCOCC2)n1. The van der Waals surface area contributed by atoms with E-state index in [4.69, 9.17) is 4.74 Å². The topological polar surface area (TPSA) is 87.5 Å². The Morgan fingerprint density at radius 2 is 1.89 bits per heavy atom. The van der Waals surface area contributed by atoms with Crippen molar-refractivity contribution in [3.8, 4) is 17.1 Å². The van der Waals surface area contributed by atoms with Crippen LogP contribution in [-0.2, 0) is 4.74 Å². The molecule has 27 heavy (non-hydrogen) atoms. The number of morpholine rings is 1. The Bertz CT molecular complexity index is 915. The highest BCUT2D eigenvalue weighted by Gasteiger charge is 2.19. The number of anilines is 3. The molecule has 0 bridgehead atoms. The van der Waals surface area contributed by atoms with E-state index in [-0.39, 0.29) is 5.75 Å². The summed E-state index contributed by atoms with van der Waals surface area (Å²) >= 11 is 0. The lowest BCUT2D eigenvalue weighted by molar-refractivity contribution is 0.122. The van der Waals surface area contributed by atoms with Crippen molar-refractivity contribution in [2.24, 2.45) is 0 Å². The van der Waals surface area contributed by atoms with E-state index in [2.05, 4.69) is 24.8 Å². The molecule has 1 saturated heterocycles. The monoisotopic (exact) mass is 364 g/mol. The van der Waals surface area contributed by atoms with Gasteiger partial charge in [-0.15, -0.1) is 0 Å². The first-order valence-electron chi connectivity index (χ1n) is 8.73. The standard InChI is InChI=1S/C19H20N6O2/c1-24(16-7-2-3-8-20-16)18-21-17(14-5-4-6-15(26)13-14)22-19(23-18)25-9-11-27-12-10-25/h2-8,13,26H,9-12H2,1H3. The van der Waals surface area contributed by atoms with Crippen molar-refractivity contribution in [3.63, 3.8) is 0 Å². The first-order chi connectivity index (χ1) is 13.2. The molecule has 0 unspecified atom stereocenters. The van der Waals surface area contributed by atoms with E-state index in [0.717, 1.165) is 24.5 Å². The first-order valence-corrected chi connectivity index (χ1v) is 8.73. The minimum absolute atomic E-state index is 0.167. The van der Waals surface area contributed by atoms with Gasteiger partial charge in [-0.1, -0.05) is 18.2 Å². The lowest BCUT2D eigenvalue weighted by atomic mass is 10.2. The number of aromatic hydroxyl groups is 1. The van der Waals surface area contributed by atoms with Crippen LogP contribution in [0.5, 0.6) is 5.75 Å². The fourth-order valence-corrected chi connectivity index (χ4v) is 2.84. The molecule has 1 fully saturated rings. The maximum absolute atomic E-state index is 9.83. The highest BCUT2D eigenvalue weighted by atomic mass is 16.5. The number of pyridine rings is 1. The molecule has 1 N–H and O–H groups in total. The van der Waals surface area contributed by atoms with E-state index >= 15 is 0 Å². The van der Waals surface area contributed by atoms with Crippen molar-refractivity contribution in [2.75, 3.05) is 43.2 Å². The molecule has 2 aromatic heterocycles. The second-order valence-electron chi connectivity index (χ2n) is 6.16. The van der Waals surface area contributed by atoms with Crippen LogP contribution in [0.15, 0.2) is 48.7 Å². The number of phenolic OH excluding ortho intramolecular Hbond substituents is 1. The molecule has 4 rings (SSSR count). The van der Waals surface area contributed by atoms with Crippen LogP contribution in [0.1, 0.15) is 0 Å². The van der Waals surface area contributed by atoms with Crippen LogP contribution >= 0.6 is 0 Å². The Morgan fingerprint density at radius 3 is 2.63 bits per heavy atom. The fourth-order valence-electron chi connectivity index (χ4n) is 2.84. The Morgan fingerprint density at radius 1 is 1.04 bits per heavy atom. The molecule has 8 nitrogen and oxygen atoms in total. The molecule has 3 aromatic rings. The Balaban J connectivity index is 1.78. The third-order valence-corrected chi connectivity index (χ3v) is 4.30. The smallest absolute Gasteiger partial charge is 0.236 e. The number of ether oxygens (including phenoxy) is 1. The van der Waals surface area contributed by atoms with Crippen molar-refractivity contribution in [2.45, 2.75) is 0 Å². The third kappa shape index (κ3) is 3.80. The summed E-state index contributed by atoms with van der Waals surface area (Å²) in [5.74, 6) is 2.48. The predicted molar refractivity (Wildman–Crippen MR) is 102 cm³/mol. The van der Waals surface area contributed by atoms with E-state index < -0.39 is 0 Å². The number of aromatic nitrogens is 4. The average molecular weight is 364 g/mol. The van der Waals surface area contributed by atoms with E-state index in [1.807, 2.05) is 36.2 Å². The second kappa shape index (κ2) is 7.55. The highest BCUT2D eigenvalue weighted by molar-refractivity contribution is 5.62. The van der Waals surface area contributed by atoms with Gasteiger partial charge in [-0.3, -0.25) is 4.90 Å². The van der Waals surface area contributed by atoms with Crippen molar-refractivity contribution in [1.82, 2.24) is 19.9 Å². The number of rotatable bonds is 4. The van der Waals surface area contributed by atoms with Crippen LogP contribution in [-0.4, -0.2) is 58.4 Å². The highest BCUT2D eigenvalue weighted by Crippen LogP contribution is 2.26. The summed E-state index contributed by atoms with van der Waals surface area (Å²) < 4.78 is 5.43. The molecule has 1 aliphatic rings. The summed E-state index contributed by atoms with van der Waals surface area (Å²) in [4.78, 5) is 22.2. The number of hydrogen-bond donors (Lipinski definition) is 1. The molecular formula is C19H20N6O2. The quantitative estimate of drug-likeness (QED) is 0.754. The average Bonchev–Trinajstić information content (AvgIpc) is 2.74. The van der Waals surface area contributed by atoms with Crippen molar-refractivity contribution in [1.29, 1.82) is 0 Å². The molecule has 0 amide bonds. The maximum atomic E-state index is 9.83. The number of nitrogens with zero attached hydrogens (tertiary/aromatic N) is 6. The lowest BCUT2D eigenvalue weighted by Gasteiger charge is -2.28. The Labute approximate surface area is 157 Å². The van der Waals surface area contributed by atoms with Gasteiger partial charge < -0.3 is 14.7 Å². The van der Waals surface area contributed by atoms with E-state index in [9.17, 15) is 5.11 Å². The lowest BCUT2D eigenvalue weighted by Crippen LogP contribution is -2.37. The fraction of sp³-hybridized carbons (Fsp3) is 0.263. The summed E-state index contributed by atoms with van der Waals surface area (Å²) in [6, 6.07) is 12.6. The van der Waals surface area contributed by atoms with Crippen molar-refractivity contribution in [3.05, 3.63) is 48.7 Å². The summed E-state index contributed by atoms with van der Waals surface area (Å²) in [6.45, 7) is 2.71. The minimum atomic E-state index is 0.167. The second-order valence-corrected chi connectivity index (χ2v) is 6.16. The largest absolute Gasteiger partial charge is 0.508 e. The Hall–Kier alpha value is -3.26. The predicted octanol–water partition coefficient (Wildman–Crippen LogP) is 2.24. The van der Waals surface area contributed by atoms with Gasteiger partial charge in [0.25, 0.3) is 0 Å². The third-order valence-electron chi connectivity index (χ3n) is 4.30. The summed E-state index contributed by atoms with van der Waals surface area (Å²) in [6.07, 6.45) is 1.73. The van der Waals surface area contributed by atoms with Crippen molar-refractivity contribution >= 4 is 17.7 Å². The number of phenols is 1. The molecule has 0 spiro atoms. The van der Waals surface area contributed by atoms with Crippen LogP contribution in [0.25, 0.3) is 11.4 Å². The number of benzene rings is 1. The molecule has 0 aliphatic carbocycles. The van der Waals surface area contributed by atoms with Gasteiger partial charge in [0, 0.05) is 31.9 Å².